The number of hydrogen-bond acceptors (Lipinski definition) is 4. The number of halogens is 1. The summed E-state index contributed by atoms with van der Waals surface area (Å²) < 4.78 is 5.28. The van der Waals surface area contributed by atoms with Gasteiger partial charge in [-0.1, -0.05) is 23.7 Å². The van der Waals surface area contributed by atoms with Crippen LogP contribution in [0.5, 0.6) is 5.75 Å². The van der Waals surface area contributed by atoms with Gasteiger partial charge in [-0.3, -0.25) is 14.4 Å². The van der Waals surface area contributed by atoms with Gasteiger partial charge in [-0.25, -0.2) is 0 Å². The molecule has 2 N–H and O–H groups in total. The summed E-state index contributed by atoms with van der Waals surface area (Å²) in [7, 11) is 3.06. The Balaban J connectivity index is 1.66. The van der Waals surface area contributed by atoms with E-state index in [0.717, 1.165) is 12.0 Å². The van der Waals surface area contributed by atoms with Crippen molar-refractivity contribution >= 4 is 29.3 Å². The Morgan fingerprint density at radius 2 is 1.90 bits per heavy atom. The van der Waals surface area contributed by atoms with Crippen LogP contribution in [0.4, 0.5) is 0 Å². The highest BCUT2D eigenvalue weighted by molar-refractivity contribution is 6.31. The summed E-state index contributed by atoms with van der Waals surface area (Å²) in [5.74, 6) is -0.229. The van der Waals surface area contributed by atoms with E-state index >= 15 is 0 Å². The van der Waals surface area contributed by atoms with Crippen LogP contribution in [0, 0.1) is 0 Å². The summed E-state index contributed by atoms with van der Waals surface area (Å²) in [6.45, 7) is 0.805. The topological polar surface area (TPSA) is 87.7 Å². The van der Waals surface area contributed by atoms with E-state index in [2.05, 4.69) is 10.6 Å². The number of benzene rings is 2. The van der Waals surface area contributed by atoms with Crippen LogP contribution in [0.3, 0.4) is 0 Å². The van der Waals surface area contributed by atoms with Gasteiger partial charge >= 0.3 is 0 Å². The fourth-order valence-electron chi connectivity index (χ4n) is 3.51. The summed E-state index contributed by atoms with van der Waals surface area (Å²) in [6.07, 6.45) is 1.34. The third-order valence-electron chi connectivity index (χ3n) is 5.12. The number of amides is 3. The Morgan fingerprint density at radius 1 is 1.17 bits per heavy atom. The van der Waals surface area contributed by atoms with E-state index in [1.807, 2.05) is 0 Å². The molecule has 3 rings (SSSR count). The highest BCUT2D eigenvalue weighted by atomic mass is 35.5. The van der Waals surface area contributed by atoms with Gasteiger partial charge in [0.25, 0.3) is 11.8 Å². The molecule has 0 aliphatic carbocycles. The number of likely N-dealkylation sites (tertiary alicyclic amines) is 1. The molecule has 0 spiro atoms. The lowest BCUT2D eigenvalue weighted by Crippen LogP contribution is -2.45. The molecule has 1 saturated heterocycles. The average molecular weight is 430 g/mol. The maximum Gasteiger partial charge on any atom is 0.258 e. The van der Waals surface area contributed by atoms with E-state index in [0.29, 0.717) is 41.4 Å². The number of methoxy groups -OCH3 is 1. The lowest BCUT2D eigenvalue weighted by atomic mass is 10.1. The second-order valence-electron chi connectivity index (χ2n) is 7.00. The summed E-state index contributed by atoms with van der Waals surface area (Å²) >= 11 is 6.05. The molecule has 0 radical (unpaired) electrons. The van der Waals surface area contributed by atoms with Gasteiger partial charge in [-0.2, -0.15) is 0 Å². The van der Waals surface area contributed by atoms with Crippen LogP contribution < -0.4 is 15.4 Å². The molecule has 2 aromatic carbocycles. The SMILES string of the molecule is CNC(=O)c1ccc(CNC(=O)C2CCCN2C(=O)c2cc(Cl)ccc2OC)cc1. The average Bonchev–Trinajstić information content (AvgIpc) is 3.26. The lowest BCUT2D eigenvalue weighted by molar-refractivity contribution is -0.125. The Hall–Kier alpha value is -3.06. The third kappa shape index (κ3) is 4.74. The van der Waals surface area contributed by atoms with Crippen molar-refractivity contribution in [1.82, 2.24) is 15.5 Å². The molecule has 1 atom stereocenters. The van der Waals surface area contributed by atoms with Crippen molar-refractivity contribution < 1.29 is 19.1 Å². The number of hydrogen-bond donors (Lipinski definition) is 2. The molecule has 7 nitrogen and oxygen atoms in total. The largest absolute Gasteiger partial charge is 0.496 e. The fraction of sp³-hybridized carbons (Fsp3) is 0.318. The van der Waals surface area contributed by atoms with Crippen molar-refractivity contribution in [2.24, 2.45) is 0 Å². The van der Waals surface area contributed by atoms with Crippen molar-refractivity contribution in [2.75, 3.05) is 20.7 Å². The molecule has 1 unspecified atom stereocenters. The van der Waals surface area contributed by atoms with Crippen LogP contribution >= 0.6 is 11.6 Å². The van der Waals surface area contributed by atoms with Crippen LogP contribution in [0.25, 0.3) is 0 Å². The molecule has 2 aromatic rings. The van der Waals surface area contributed by atoms with Gasteiger partial charge < -0.3 is 20.3 Å². The molecule has 1 heterocycles. The van der Waals surface area contributed by atoms with Crippen LogP contribution in [0.1, 0.15) is 39.1 Å². The minimum atomic E-state index is -0.550. The molecule has 30 heavy (non-hydrogen) atoms. The standard InChI is InChI=1S/C22H24ClN3O4/c1-24-20(27)15-7-5-14(6-8-15)13-25-21(28)18-4-3-11-26(18)22(29)17-12-16(23)9-10-19(17)30-2/h5-10,12,18H,3-4,11,13H2,1-2H3,(H,24,27)(H,25,28). The van der Waals surface area contributed by atoms with E-state index in [4.69, 9.17) is 16.3 Å². The predicted molar refractivity (Wildman–Crippen MR) is 114 cm³/mol. The molecule has 158 valence electrons. The maximum absolute atomic E-state index is 13.1. The third-order valence-corrected chi connectivity index (χ3v) is 5.35. The quantitative estimate of drug-likeness (QED) is 0.738. The minimum absolute atomic E-state index is 0.165. The zero-order valence-corrected chi connectivity index (χ0v) is 17.7. The highest BCUT2D eigenvalue weighted by Crippen LogP contribution is 2.27. The molecular formula is C22H24ClN3O4. The first-order valence-corrected chi connectivity index (χ1v) is 10.1. The Kier molecular flexibility index (Phi) is 6.95. The van der Waals surface area contributed by atoms with Gasteiger partial charge in [0.1, 0.15) is 11.8 Å². The molecule has 1 aliphatic heterocycles. The molecule has 0 saturated carbocycles. The van der Waals surface area contributed by atoms with Gasteiger partial charge in [-0.15, -0.1) is 0 Å². The summed E-state index contributed by atoms with van der Waals surface area (Å²) in [6, 6.07) is 11.3. The zero-order chi connectivity index (χ0) is 21.7. The van der Waals surface area contributed by atoms with Gasteiger partial charge in [0.05, 0.1) is 12.7 Å². The van der Waals surface area contributed by atoms with Crippen molar-refractivity contribution in [3.05, 3.63) is 64.2 Å². The molecule has 0 bridgehead atoms. The normalized spacial score (nSPS) is 15.6. The van der Waals surface area contributed by atoms with Gasteiger partial charge in [-0.05, 0) is 48.7 Å². The van der Waals surface area contributed by atoms with Crippen LogP contribution in [-0.2, 0) is 11.3 Å². The number of nitrogens with zero attached hydrogens (tertiary/aromatic N) is 1. The Bertz CT molecular complexity index is 946. The fourth-order valence-corrected chi connectivity index (χ4v) is 3.68. The van der Waals surface area contributed by atoms with Crippen molar-refractivity contribution in [2.45, 2.75) is 25.4 Å². The second-order valence-corrected chi connectivity index (χ2v) is 7.43. The van der Waals surface area contributed by atoms with Crippen LogP contribution in [-0.4, -0.2) is 49.4 Å². The first kappa shape index (κ1) is 21.6. The predicted octanol–water partition coefficient (Wildman–Crippen LogP) is 2.63. The van der Waals surface area contributed by atoms with Crippen molar-refractivity contribution in [3.63, 3.8) is 0 Å². The first-order chi connectivity index (χ1) is 14.4. The molecule has 0 aromatic heterocycles. The van der Waals surface area contributed by atoms with E-state index in [-0.39, 0.29) is 17.7 Å². The zero-order valence-electron chi connectivity index (χ0n) is 16.9. The molecule has 1 aliphatic rings. The van der Waals surface area contributed by atoms with E-state index < -0.39 is 6.04 Å². The number of carbonyl (C=O) groups is 3. The highest BCUT2D eigenvalue weighted by Gasteiger charge is 2.35. The first-order valence-electron chi connectivity index (χ1n) is 9.68. The molecule has 8 heteroatoms. The van der Waals surface area contributed by atoms with Gasteiger partial charge in [0.15, 0.2) is 0 Å². The Morgan fingerprint density at radius 3 is 2.57 bits per heavy atom. The van der Waals surface area contributed by atoms with Gasteiger partial charge in [0, 0.05) is 30.7 Å². The number of rotatable bonds is 6. The van der Waals surface area contributed by atoms with Crippen LogP contribution in [0.15, 0.2) is 42.5 Å². The second kappa shape index (κ2) is 9.63. The van der Waals surface area contributed by atoms with Crippen LogP contribution in [0.2, 0.25) is 5.02 Å². The summed E-state index contributed by atoms with van der Waals surface area (Å²) in [4.78, 5) is 39.0. The molecule has 1 fully saturated rings. The lowest BCUT2D eigenvalue weighted by Gasteiger charge is -2.25. The number of ether oxygens (including phenoxy) is 1. The van der Waals surface area contributed by atoms with Gasteiger partial charge in [0.2, 0.25) is 5.91 Å². The van der Waals surface area contributed by atoms with E-state index in [1.165, 1.54) is 7.11 Å². The van der Waals surface area contributed by atoms with Crippen molar-refractivity contribution in [3.8, 4) is 5.75 Å². The number of nitrogens with one attached hydrogen (secondary N) is 2. The molecule has 3 amide bonds. The molecular weight excluding hydrogens is 406 g/mol. The minimum Gasteiger partial charge on any atom is -0.496 e. The van der Waals surface area contributed by atoms with E-state index in [9.17, 15) is 14.4 Å². The van der Waals surface area contributed by atoms with Crippen molar-refractivity contribution in [1.29, 1.82) is 0 Å². The maximum atomic E-state index is 13.1. The summed E-state index contributed by atoms with van der Waals surface area (Å²) in [5.41, 5.74) is 1.76. The monoisotopic (exact) mass is 429 g/mol. The smallest absolute Gasteiger partial charge is 0.258 e. The number of carbonyl (C=O) groups excluding carboxylic acids is 3. The Labute approximate surface area is 180 Å². The van der Waals surface area contributed by atoms with E-state index in [1.54, 1.807) is 54.4 Å². The summed E-state index contributed by atoms with van der Waals surface area (Å²) in [5, 5.41) is 5.88.